The molecule has 0 atom stereocenters. The second-order valence-corrected chi connectivity index (χ2v) is 10.9. The standard InChI is InChI=1S/C26H51N2O3.Rb/c1-10-27(23(29)16-15-22(3)4)17-13-12-14-18-28(11-2)24(30)19-26(8,9)21-31-20-25(5,6)7;/h22H,5,10-21H2,1-4,6-9H3;/q-1;+1. The van der Waals surface area contributed by atoms with Crippen LogP contribution in [0, 0.1) is 23.7 Å². The minimum Gasteiger partial charge on any atom is -0.383 e. The first kappa shape index (κ1) is 34.9. The molecule has 0 aliphatic rings. The third-order valence-electron chi connectivity index (χ3n) is 5.38. The summed E-state index contributed by atoms with van der Waals surface area (Å²) in [6.45, 7) is 25.0. The van der Waals surface area contributed by atoms with Gasteiger partial charge in [-0.1, -0.05) is 41.5 Å². The zero-order valence-electron chi connectivity index (χ0n) is 22.9. The van der Waals surface area contributed by atoms with Crippen molar-refractivity contribution in [3.05, 3.63) is 6.92 Å². The van der Waals surface area contributed by atoms with Crippen LogP contribution in [0.3, 0.4) is 0 Å². The Morgan fingerprint density at radius 3 is 1.81 bits per heavy atom. The zero-order valence-corrected chi connectivity index (χ0v) is 27.8. The number of hydrogen-bond donors (Lipinski definition) is 0. The summed E-state index contributed by atoms with van der Waals surface area (Å²) in [5.74, 6) is 1.03. The van der Waals surface area contributed by atoms with Gasteiger partial charge in [0.05, 0.1) is 6.61 Å². The van der Waals surface area contributed by atoms with Gasteiger partial charge in [0, 0.05) is 45.6 Å². The molecule has 0 aliphatic carbocycles. The maximum atomic E-state index is 12.8. The quantitative estimate of drug-likeness (QED) is 0.217. The van der Waals surface area contributed by atoms with E-state index in [0.717, 1.165) is 51.9 Å². The number of nitrogens with zero attached hydrogens (tertiary/aromatic N) is 2. The van der Waals surface area contributed by atoms with Crippen LogP contribution in [-0.2, 0) is 14.3 Å². The molecule has 0 N–H and O–H groups in total. The van der Waals surface area contributed by atoms with Crippen molar-refractivity contribution < 1.29 is 72.5 Å². The molecule has 6 heteroatoms. The Bertz CT molecular complexity index is 516. The van der Waals surface area contributed by atoms with Crippen LogP contribution in [0.25, 0.3) is 0 Å². The molecule has 0 saturated heterocycles. The summed E-state index contributed by atoms with van der Waals surface area (Å²) < 4.78 is 5.81. The first-order chi connectivity index (χ1) is 14.3. The van der Waals surface area contributed by atoms with Gasteiger partial charge in [-0.15, -0.1) is 5.41 Å². The number of carbonyl (C=O) groups excluding carboxylic acids is 2. The largest absolute Gasteiger partial charge is 1.00 e. The fourth-order valence-corrected chi connectivity index (χ4v) is 3.45. The molecule has 2 amide bonds. The van der Waals surface area contributed by atoms with Gasteiger partial charge in [-0.05, 0) is 50.9 Å². The van der Waals surface area contributed by atoms with Crippen molar-refractivity contribution in [2.45, 2.75) is 93.9 Å². The SMILES string of the molecule is [CH2-]C(C)(C)COCC(C)(C)CC(=O)N(CC)CCCCCN(CC)C(=O)CCC(C)C.[Rb+]. The van der Waals surface area contributed by atoms with E-state index < -0.39 is 0 Å². The summed E-state index contributed by atoms with van der Waals surface area (Å²) in [5.41, 5.74) is -0.296. The third-order valence-corrected chi connectivity index (χ3v) is 5.38. The number of rotatable bonds is 17. The zero-order chi connectivity index (χ0) is 24.1. The van der Waals surface area contributed by atoms with Crippen LogP contribution in [-0.4, -0.2) is 61.0 Å². The van der Waals surface area contributed by atoms with Crippen LogP contribution in [0.5, 0.6) is 0 Å². The predicted octanol–water partition coefficient (Wildman–Crippen LogP) is 2.59. The smallest absolute Gasteiger partial charge is 0.383 e. The molecule has 0 aliphatic heterocycles. The summed E-state index contributed by atoms with van der Waals surface area (Å²) in [6, 6.07) is 0. The minimum atomic E-state index is -0.187. The van der Waals surface area contributed by atoms with E-state index in [9.17, 15) is 9.59 Å². The average Bonchev–Trinajstić information content (AvgIpc) is 2.63. The van der Waals surface area contributed by atoms with Gasteiger partial charge in [-0.3, -0.25) is 9.59 Å². The Hall–Kier alpha value is 0.705. The maximum absolute atomic E-state index is 12.8. The van der Waals surface area contributed by atoms with E-state index in [1.165, 1.54) is 0 Å². The molecule has 0 aromatic carbocycles. The van der Waals surface area contributed by atoms with Crippen LogP contribution in [0.1, 0.15) is 93.9 Å². The summed E-state index contributed by atoms with van der Waals surface area (Å²) in [4.78, 5) is 29.0. The Morgan fingerprint density at radius 1 is 0.875 bits per heavy atom. The Kier molecular flexibility index (Phi) is 19.7. The van der Waals surface area contributed by atoms with E-state index in [1.54, 1.807) is 0 Å². The second-order valence-electron chi connectivity index (χ2n) is 10.9. The van der Waals surface area contributed by atoms with Crippen molar-refractivity contribution >= 4 is 11.8 Å². The molecule has 0 aromatic rings. The number of unbranched alkanes of at least 4 members (excludes halogenated alkanes) is 2. The molecule has 0 aromatic heterocycles. The van der Waals surface area contributed by atoms with Gasteiger partial charge in [-0.2, -0.15) is 0 Å². The number of ether oxygens (including phenoxy) is 1. The van der Waals surface area contributed by atoms with Gasteiger partial charge in [0.15, 0.2) is 0 Å². The van der Waals surface area contributed by atoms with Crippen LogP contribution in [0.2, 0.25) is 0 Å². The van der Waals surface area contributed by atoms with E-state index in [4.69, 9.17) is 4.74 Å². The summed E-state index contributed by atoms with van der Waals surface area (Å²) >= 11 is 0. The van der Waals surface area contributed by atoms with Crippen LogP contribution >= 0.6 is 0 Å². The van der Waals surface area contributed by atoms with Crippen molar-refractivity contribution in [2.75, 3.05) is 39.4 Å². The van der Waals surface area contributed by atoms with E-state index >= 15 is 0 Å². The van der Waals surface area contributed by atoms with E-state index in [0.29, 0.717) is 32.0 Å². The molecular formula is C26H51N2O3Rb. The summed E-state index contributed by atoms with van der Waals surface area (Å²) in [5, 5.41) is 0. The fraction of sp³-hybridized carbons (Fsp3) is 0.885. The summed E-state index contributed by atoms with van der Waals surface area (Å²) in [7, 11) is 0. The van der Waals surface area contributed by atoms with Crippen LogP contribution < -0.4 is 58.2 Å². The molecule has 32 heavy (non-hydrogen) atoms. The first-order valence-electron chi connectivity index (χ1n) is 12.3. The van der Waals surface area contributed by atoms with Crippen molar-refractivity contribution in [3.8, 4) is 0 Å². The molecular weight excluding hydrogens is 474 g/mol. The van der Waals surface area contributed by atoms with Gasteiger partial charge < -0.3 is 21.5 Å². The second kappa shape index (κ2) is 18.0. The van der Waals surface area contributed by atoms with Gasteiger partial charge in [0.2, 0.25) is 11.8 Å². The molecule has 0 bridgehead atoms. The van der Waals surface area contributed by atoms with Gasteiger partial charge in [0.25, 0.3) is 0 Å². The molecule has 0 spiro atoms. The topological polar surface area (TPSA) is 49.9 Å². The van der Waals surface area contributed by atoms with Gasteiger partial charge >= 0.3 is 58.2 Å². The Labute approximate surface area is 248 Å². The molecule has 0 fully saturated rings. The fourth-order valence-electron chi connectivity index (χ4n) is 3.45. The van der Waals surface area contributed by atoms with E-state index in [2.05, 4.69) is 34.6 Å². The number of carbonyl (C=O) groups is 2. The Balaban J connectivity index is 0. The minimum absolute atomic E-state index is 0. The summed E-state index contributed by atoms with van der Waals surface area (Å²) in [6.07, 6.45) is 5.10. The first-order valence-corrected chi connectivity index (χ1v) is 12.3. The average molecular weight is 525 g/mol. The predicted molar refractivity (Wildman–Crippen MR) is 131 cm³/mol. The maximum Gasteiger partial charge on any atom is 1.00 e. The molecule has 0 saturated carbocycles. The Morgan fingerprint density at radius 2 is 1.38 bits per heavy atom. The van der Waals surface area contributed by atoms with E-state index in [-0.39, 0.29) is 80.8 Å². The molecule has 0 heterocycles. The third kappa shape index (κ3) is 18.1. The van der Waals surface area contributed by atoms with Crippen molar-refractivity contribution in [1.82, 2.24) is 9.80 Å². The monoisotopic (exact) mass is 524 g/mol. The van der Waals surface area contributed by atoms with Crippen molar-refractivity contribution in [2.24, 2.45) is 16.7 Å². The van der Waals surface area contributed by atoms with Gasteiger partial charge in [-0.25, -0.2) is 0 Å². The number of hydrogen-bond acceptors (Lipinski definition) is 3. The molecule has 0 radical (unpaired) electrons. The van der Waals surface area contributed by atoms with Crippen molar-refractivity contribution in [3.63, 3.8) is 0 Å². The van der Waals surface area contributed by atoms with Gasteiger partial charge in [0.1, 0.15) is 0 Å². The van der Waals surface area contributed by atoms with Crippen LogP contribution in [0.15, 0.2) is 0 Å². The van der Waals surface area contributed by atoms with Crippen molar-refractivity contribution in [1.29, 1.82) is 0 Å². The normalized spacial score (nSPS) is 11.9. The molecule has 184 valence electrons. The molecule has 0 unspecified atom stereocenters. The van der Waals surface area contributed by atoms with E-state index in [1.807, 2.05) is 37.5 Å². The molecule has 5 nitrogen and oxygen atoms in total. The number of amides is 2. The van der Waals surface area contributed by atoms with Crippen LogP contribution in [0.4, 0.5) is 0 Å². The molecule has 0 rings (SSSR count).